The molecule has 2 aromatic heterocycles. The van der Waals surface area contributed by atoms with Gasteiger partial charge in [-0.1, -0.05) is 29.8 Å². The first-order valence-corrected chi connectivity index (χ1v) is 9.17. The maximum absolute atomic E-state index is 12.3. The molecule has 0 unspecified atom stereocenters. The van der Waals surface area contributed by atoms with E-state index in [9.17, 15) is 14.4 Å². The van der Waals surface area contributed by atoms with Crippen molar-refractivity contribution < 1.29 is 18.8 Å². The van der Waals surface area contributed by atoms with E-state index >= 15 is 0 Å². The summed E-state index contributed by atoms with van der Waals surface area (Å²) in [7, 11) is 0. The number of fused-ring (bicyclic) bond motifs is 1. The Labute approximate surface area is 163 Å². The normalized spacial score (nSPS) is 10.6. The van der Waals surface area contributed by atoms with Crippen molar-refractivity contribution in [1.29, 1.82) is 0 Å². The topological polar surface area (TPSA) is 100 Å². The molecule has 0 aliphatic heterocycles. The fourth-order valence-corrected chi connectivity index (χ4v) is 3.93. The Kier molecular flexibility index (Phi) is 5.48. The highest BCUT2D eigenvalue weighted by atomic mass is 35.5. The first-order valence-electron chi connectivity index (χ1n) is 7.98. The number of nitrogens with one attached hydrogen (secondary N) is 3. The number of carbonyl (C=O) groups excluding carboxylic acids is 3. The van der Waals surface area contributed by atoms with E-state index in [2.05, 4.69) is 16.2 Å². The summed E-state index contributed by atoms with van der Waals surface area (Å²) in [6.07, 6.45) is 0. The molecule has 0 bridgehead atoms. The Morgan fingerprint density at radius 2 is 1.85 bits per heavy atom. The first kappa shape index (κ1) is 18.9. The van der Waals surface area contributed by atoms with E-state index in [1.54, 1.807) is 19.9 Å². The zero-order valence-corrected chi connectivity index (χ0v) is 16.1. The highest BCUT2D eigenvalue weighted by Gasteiger charge is 2.18. The molecule has 3 amide bonds. The molecule has 140 valence electrons. The number of rotatable bonds is 4. The third kappa shape index (κ3) is 4.12. The molecule has 0 atom stereocenters. The molecular weight excluding hydrogens is 390 g/mol. The lowest BCUT2D eigenvalue weighted by atomic mass is 10.2. The van der Waals surface area contributed by atoms with Gasteiger partial charge in [-0.15, -0.1) is 11.3 Å². The molecule has 0 radical (unpaired) electrons. The van der Waals surface area contributed by atoms with Crippen molar-refractivity contribution in [3.63, 3.8) is 0 Å². The molecule has 0 aliphatic rings. The molecule has 7 nitrogen and oxygen atoms in total. The molecule has 27 heavy (non-hydrogen) atoms. The summed E-state index contributed by atoms with van der Waals surface area (Å²) in [4.78, 5) is 36.5. The van der Waals surface area contributed by atoms with Crippen LogP contribution >= 0.6 is 22.9 Å². The van der Waals surface area contributed by atoms with Crippen LogP contribution in [0.15, 0.2) is 34.7 Å². The lowest BCUT2D eigenvalue weighted by molar-refractivity contribution is -0.120. The van der Waals surface area contributed by atoms with Gasteiger partial charge in [0, 0.05) is 10.1 Å². The highest BCUT2D eigenvalue weighted by Crippen LogP contribution is 2.34. The van der Waals surface area contributed by atoms with Crippen LogP contribution in [0.5, 0.6) is 0 Å². The van der Waals surface area contributed by atoms with E-state index in [0.29, 0.717) is 27.0 Å². The first-order chi connectivity index (χ1) is 12.9. The molecule has 0 fully saturated rings. The fraction of sp³-hybridized carbons (Fsp3) is 0.167. The molecule has 3 aromatic rings. The van der Waals surface area contributed by atoms with Crippen molar-refractivity contribution >= 4 is 50.7 Å². The highest BCUT2D eigenvalue weighted by molar-refractivity contribution is 7.21. The Bertz CT molecular complexity index is 1040. The smallest absolute Gasteiger partial charge is 0.273 e. The number of benzene rings is 1. The molecule has 3 N–H and O–H groups in total. The molecule has 0 saturated heterocycles. The minimum atomic E-state index is -0.577. The minimum absolute atomic E-state index is 0.312. The van der Waals surface area contributed by atoms with Gasteiger partial charge < -0.3 is 9.73 Å². The maximum Gasteiger partial charge on any atom is 0.273 e. The van der Waals surface area contributed by atoms with Gasteiger partial charge in [0.15, 0.2) is 0 Å². The zero-order valence-electron chi connectivity index (χ0n) is 14.5. The van der Waals surface area contributed by atoms with Crippen molar-refractivity contribution in [2.24, 2.45) is 0 Å². The summed E-state index contributed by atoms with van der Waals surface area (Å²) < 4.78 is 6.15. The predicted molar refractivity (Wildman–Crippen MR) is 103 cm³/mol. The quantitative estimate of drug-likeness (QED) is 0.581. The monoisotopic (exact) mass is 405 g/mol. The van der Waals surface area contributed by atoms with Crippen LogP contribution in [0.2, 0.25) is 5.02 Å². The molecular formula is C18H16ClN3O4S. The zero-order chi connectivity index (χ0) is 19.6. The predicted octanol–water partition coefficient (Wildman–Crippen LogP) is 2.96. The van der Waals surface area contributed by atoms with Gasteiger partial charge in [0.05, 0.1) is 17.1 Å². The Morgan fingerprint density at radius 3 is 2.52 bits per heavy atom. The van der Waals surface area contributed by atoms with E-state index in [0.717, 1.165) is 10.1 Å². The van der Waals surface area contributed by atoms with Crippen LogP contribution in [0.3, 0.4) is 0 Å². The number of hydrogen-bond acceptors (Lipinski definition) is 5. The SMILES string of the molecule is Cc1cc(C(=O)NNC(=O)CNC(=O)c2sc3ccccc3c2Cl)c(C)o1. The number of aryl methyl sites for hydroxylation is 2. The Balaban J connectivity index is 1.54. The largest absolute Gasteiger partial charge is 0.466 e. The second-order valence-corrected chi connectivity index (χ2v) is 7.18. The van der Waals surface area contributed by atoms with Gasteiger partial charge >= 0.3 is 0 Å². The van der Waals surface area contributed by atoms with Crippen molar-refractivity contribution in [2.45, 2.75) is 13.8 Å². The molecule has 0 aliphatic carbocycles. The number of amides is 3. The van der Waals surface area contributed by atoms with Crippen molar-refractivity contribution in [1.82, 2.24) is 16.2 Å². The lowest BCUT2D eigenvalue weighted by Gasteiger charge is -2.07. The molecule has 0 saturated carbocycles. The fourth-order valence-electron chi connectivity index (χ4n) is 2.50. The van der Waals surface area contributed by atoms with E-state index in [4.69, 9.17) is 16.0 Å². The summed E-state index contributed by atoms with van der Waals surface area (Å²) in [5.41, 5.74) is 4.84. The molecule has 2 heterocycles. The van der Waals surface area contributed by atoms with Gasteiger partial charge in [0.2, 0.25) is 0 Å². The number of thiophene rings is 1. The maximum atomic E-state index is 12.3. The number of hydrogen-bond donors (Lipinski definition) is 3. The number of carbonyl (C=O) groups is 3. The van der Waals surface area contributed by atoms with Gasteiger partial charge in [-0.2, -0.15) is 0 Å². The molecule has 1 aromatic carbocycles. The van der Waals surface area contributed by atoms with Crippen LogP contribution in [-0.2, 0) is 4.79 Å². The summed E-state index contributed by atoms with van der Waals surface area (Å²) in [5.74, 6) is -0.490. The summed E-state index contributed by atoms with van der Waals surface area (Å²) in [5, 5.41) is 3.63. The third-order valence-corrected chi connectivity index (χ3v) is 5.43. The summed E-state index contributed by atoms with van der Waals surface area (Å²) in [6, 6.07) is 8.96. The van der Waals surface area contributed by atoms with Gasteiger partial charge in [0.1, 0.15) is 16.4 Å². The van der Waals surface area contributed by atoms with E-state index in [1.165, 1.54) is 11.3 Å². The van der Waals surface area contributed by atoms with Crippen molar-refractivity contribution in [3.8, 4) is 0 Å². The molecule has 9 heteroatoms. The van der Waals surface area contributed by atoms with Gasteiger partial charge in [-0.05, 0) is 26.0 Å². The summed E-state index contributed by atoms with van der Waals surface area (Å²) in [6.45, 7) is 3.06. The van der Waals surface area contributed by atoms with Crippen LogP contribution < -0.4 is 16.2 Å². The number of halogens is 1. The molecule has 3 rings (SSSR count). The Hall–Kier alpha value is -2.84. The third-order valence-electron chi connectivity index (χ3n) is 3.75. The van der Waals surface area contributed by atoms with Crippen molar-refractivity contribution in [3.05, 3.63) is 57.3 Å². The average molecular weight is 406 g/mol. The number of furan rings is 1. The minimum Gasteiger partial charge on any atom is -0.466 e. The van der Waals surface area contributed by atoms with E-state index < -0.39 is 17.7 Å². The van der Waals surface area contributed by atoms with Gasteiger partial charge in [0.25, 0.3) is 17.7 Å². The Morgan fingerprint density at radius 1 is 1.11 bits per heavy atom. The van der Waals surface area contributed by atoms with E-state index in [1.807, 2.05) is 24.3 Å². The van der Waals surface area contributed by atoms with Crippen LogP contribution in [0.4, 0.5) is 0 Å². The number of hydrazine groups is 1. The van der Waals surface area contributed by atoms with Gasteiger partial charge in [-0.25, -0.2) is 0 Å². The average Bonchev–Trinajstić information content (AvgIpc) is 3.17. The molecule has 0 spiro atoms. The van der Waals surface area contributed by atoms with Crippen LogP contribution in [0, 0.1) is 13.8 Å². The van der Waals surface area contributed by atoms with Crippen LogP contribution in [0.1, 0.15) is 31.6 Å². The second kappa shape index (κ2) is 7.81. The standard InChI is InChI=1S/C18H16ClN3O4S/c1-9-7-12(10(2)26-9)17(24)22-21-14(23)8-20-18(25)16-15(19)11-5-3-4-6-13(11)27-16/h3-7H,8H2,1-2H3,(H,20,25)(H,21,23)(H,22,24). The van der Waals surface area contributed by atoms with Crippen LogP contribution in [-0.4, -0.2) is 24.3 Å². The summed E-state index contributed by atoms with van der Waals surface area (Å²) >= 11 is 7.49. The van der Waals surface area contributed by atoms with E-state index in [-0.39, 0.29) is 6.54 Å². The van der Waals surface area contributed by atoms with Gasteiger partial charge in [-0.3, -0.25) is 25.2 Å². The van der Waals surface area contributed by atoms with Crippen LogP contribution in [0.25, 0.3) is 10.1 Å². The van der Waals surface area contributed by atoms with Crippen molar-refractivity contribution in [2.75, 3.05) is 6.54 Å². The lowest BCUT2D eigenvalue weighted by Crippen LogP contribution is -2.46. The second-order valence-electron chi connectivity index (χ2n) is 5.75.